The lowest BCUT2D eigenvalue weighted by atomic mass is 9.63. The van der Waals surface area contributed by atoms with Gasteiger partial charge in [-0.25, -0.2) is 0 Å². The summed E-state index contributed by atoms with van der Waals surface area (Å²) in [5, 5.41) is 0. The van der Waals surface area contributed by atoms with Crippen LogP contribution < -0.4 is 4.90 Å². The normalized spacial score (nSPS) is 16.2. The van der Waals surface area contributed by atoms with E-state index in [4.69, 9.17) is 0 Å². The Hall–Kier alpha value is -8.00. The average Bonchev–Trinajstić information content (AvgIpc) is 4.00. The van der Waals surface area contributed by atoms with Crippen molar-refractivity contribution in [3.8, 4) is 44.5 Å². The van der Waals surface area contributed by atoms with Gasteiger partial charge < -0.3 is 4.90 Å². The summed E-state index contributed by atoms with van der Waals surface area (Å²) in [4.78, 5) is 2.58. The molecular formula is C70H55N. The van der Waals surface area contributed by atoms with E-state index in [9.17, 15) is 0 Å². The Bertz CT molecular complexity index is 3680. The van der Waals surface area contributed by atoms with Crippen LogP contribution in [0.25, 0.3) is 44.5 Å². The topological polar surface area (TPSA) is 3.24 Å². The second-order valence-electron chi connectivity index (χ2n) is 21.8. The molecule has 0 atom stereocenters. The molecule has 0 amide bonds. The van der Waals surface area contributed by atoms with E-state index in [-0.39, 0.29) is 10.8 Å². The number of fused-ring (bicyclic) bond motifs is 14. The van der Waals surface area contributed by atoms with Gasteiger partial charge >= 0.3 is 0 Å². The molecule has 0 N–H and O–H groups in total. The van der Waals surface area contributed by atoms with Crippen molar-refractivity contribution in [2.45, 2.75) is 62.2 Å². The van der Waals surface area contributed by atoms with Crippen LogP contribution in [0.5, 0.6) is 0 Å². The SMILES string of the molecule is CC1(C)CCC(C)(C)c2cc(-c3cc4c(cc3N(c3ccccc3)c3ccc5c(c3)C(c3ccccc3)(c3ccccc3)c3ccccc3-5)C3(c5ccccc5-c5ccccc53)c3ccccc3-4)ccc21. The van der Waals surface area contributed by atoms with Gasteiger partial charge in [0.25, 0.3) is 0 Å². The largest absolute Gasteiger partial charge is 0.310 e. The van der Waals surface area contributed by atoms with Gasteiger partial charge in [0, 0.05) is 16.9 Å². The third-order valence-corrected chi connectivity index (χ3v) is 17.2. The number of anilines is 3. The van der Waals surface area contributed by atoms with Crippen LogP contribution >= 0.6 is 0 Å². The number of hydrogen-bond acceptors (Lipinski definition) is 1. The van der Waals surface area contributed by atoms with Crippen LogP contribution in [0.1, 0.15) is 96.2 Å². The zero-order valence-corrected chi connectivity index (χ0v) is 40.9. The Morgan fingerprint density at radius 3 is 1.27 bits per heavy atom. The van der Waals surface area contributed by atoms with Crippen molar-refractivity contribution < 1.29 is 0 Å². The van der Waals surface area contributed by atoms with Crippen molar-refractivity contribution in [1.82, 2.24) is 0 Å². The number of nitrogens with zero attached hydrogens (tertiary/aromatic N) is 1. The molecule has 71 heavy (non-hydrogen) atoms. The van der Waals surface area contributed by atoms with Gasteiger partial charge in [0.1, 0.15) is 0 Å². The summed E-state index contributed by atoms with van der Waals surface area (Å²) in [6.45, 7) is 9.77. The first-order valence-corrected chi connectivity index (χ1v) is 25.6. The molecule has 1 spiro atoms. The lowest BCUT2D eigenvalue weighted by Crippen LogP contribution is -2.33. The van der Waals surface area contributed by atoms with E-state index in [0.717, 1.165) is 23.5 Å². The average molecular weight is 910 g/mol. The van der Waals surface area contributed by atoms with Crippen molar-refractivity contribution in [1.29, 1.82) is 0 Å². The van der Waals surface area contributed by atoms with Crippen molar-refractivity contribution in [2.24, 2.45) is 0 Å². The van der Waals surface area contributed by atoms with Crippen molar-refractivity contribution in [3.05, 3.63) is 292 Å². The maximum absolute atomic E-state index is 2.61. The van der Waals surface area contributed by atoms with Gasteiger partial charge in [-0.3, -0.25) is 0 Å². The summed E-state index contributed by atoms with van der Waals surface area (Å²) in [7, 11) is 0. The number of hydrogen-bond donors (Lipinski definition) is 0. The molecule has 4 aliphatic rings. The molecule has 0 bridgehead atoms. The highest BCUT2D eigenvalue weighted by atomic mass is 15.1. The van der Waals surface area contributed by atoms with E-state index in [1.807, 2.05) is 0 Å². The highest BCUT2D eigenvalue weighted by Crippen LogP contribution is 2.65. The molecule has 4 aliphatic carbocycles. The number of para-hydroxylation sites is 1. The third-order valence-electron chi connectivity index (χ3n) is 17.2. The van der Waals surface area contributed by atoms with E-state index < -0.39 is 10.8 Å². The van der Waals surface area contributed by atoms with Crippen LogP contribution in [0, 0.1) is 0 Å². The summed E-state index contributed by atoms with van der Waals surface area (Å²) in [6, 6.07) is 90.2. The van der Waals surface area contributed by atoms with Crippen molar-refractivity contribution in [2.75, 3.05) is 4.90 Å². The van der Waals surface area contributed by atoms with Crippen LogP contribution in [0.2, 0.25) is 0 Å². The molecule has 0 fully saturated rings. The summed E-state index contributed by atoms with van der Waals surface area (Å²) in [6.07, 6.45) is 2.33. The molecule has 0 radical (unpaired) electrons. The Kier molecular flexibility index (Phi) is 9.00. The second-order valence-corrected chi connectivity index (χ2v) is 21.8. The monoisotopic (exact) mass is 909 g/mol. The molecule has 0 saturated heterocycles. The second kappa shape index (κ2) is 15.2. The summed E-state index contributed by atoms with van der Waals surface area (Å²) in [5.74, 6) is 0. The van der Waals surface area contributed by atoms with Crippen LogP contribution in [-0.2, 0) is 21.7 Å². The molecule has 0 heterocycles. The molecule has 14 rings (SSSR count). The smallest absolute Gasteiger partial charge is 0.0726 e. The molecule has 0 saturated carbocycles. The van der Waals surface area contributed by atoms with E-state index in [1.54, 1.807) is 0 Å². The highest BCUT2D eigenvalue weighted by molar-refractivity contribution is 6.01. The third kappa shape index (κ3) is 5.75. The van der Waals surface area contributed by atoms with Crippen LogP contribution in [0.3, 0.4) is 0 Å². The predicted octanol–water partition coefficient (Wildman–Crippen LogP) is 17.9. The van der Waals surface area contributed by atoms with E-state index in [1.165, 1.54) is 107 Å². The van der Waals surface area contributed by atoms with Crippen LogP contribution in [0.15, 0.2) is 237 Å². The highest BCUT2D eigenvalue weighted by Gasteiger charge is 2.52. The molecule has 340 valence electrons. The molecular weight excluding hydrogens is 855 g/mol. The fourth-order valence-corrected chi connectivity index (χ4v) is 13.9. The van der Waals surface area contributed by atoms with Crippen molar-refractivity contribution in [3.63, 3.8) is 0 Å². The van der Waals surface area contributed by atoms with Gasteiger partial charge in [-0.15, -0.1) is 0 Å². The van der Waals surface area contributed by atoms with Gasteiger partial charge in [-0.1, -0.05) is 228 Å². The van der Waals surface area contributed by atoms with E-state index in [0.29, 0.717) is 0 Å². The van der Waals surface area contributed by atoms with Crippen LogP contribution in [0.4, 0.5) is 17.1 Å². The first kappa shape index (κ1) is 41.9. The van der Waals surface area contributed by atoms with Crippen molar-refractivity contribution >= 4 is 17.1 Å². The minimum atomic E-state index is -0.548. The summed E-state index contributed by atoms with van der Waals surface area (Å²) in [5.41, 5.74) is 26.2. The molecule has 0 unspecified atom stereocenters. The number of benzene rings is 10. The lowest BCUT2D eigenvalue weighted by Gasteiger charge is -2.42. The Labute approximate surface area is 418 Å². The van der Waals surface area contributed by atoms with Gasteiger partial charge in [0.2, 0.25) is 0 Å². The van der Waals surface area contributed by atoms with Gasteiger partial charge in [-0.05, 0) is 155 Å². The Morgan fingerprint density at radius 1 is 0.282 bits per heavy atom. The quantitative estimate of drug-likeness (QED) is 0.161. The Balaban J connectivity index is 1.10. The first-order chi connectivity index (χ1) is 34.7. The van der Waals surface area contributed by atoms with E-state index in [2.05, 4.69) is 269 Å². The first-order valence-electron chi connectivity index (χ1n) is 25.6. The zero-order chi connectivity index (χ0) is 47.7. The molecule has 0 aliphatic heterocycles. The standard InChI is InChI=1S/C70H55N/c1-67(2)40-41-68(3,4)65-42-46(36-39-62(65)67)56-44-57-54-31-17-21-35-61(54)70(59-33-19-15-28-51(59)52-29-16-20-34-60(52)70)64(57)45-66(56)71(49-26-12-7-13-27-49)50-37-38-55-53-30-14-18-32-58(53)69(63(55)43-50,47-22-8-5-9-23-47)48-24-10-6-11-25-48/h5-39,42-45H,40-41H2,1-4H3. The number of rotatable bonds is 6. The minimum Gasteiger partial charge on any atom is -0.310 e. The molecule has 1 heteroatoms. The van der Waals surface area contributed by atoms with Gasteiger partial charge in [-0.2, -0.15) is 0 Å². The van der Waals surface area contributed by atoms with Gasteiger partial charge in [0.15, 0.2) is 0 Å². The molecule has 1 nitrogen and oxygen atoms in total. The summed E-state index contributed by atoms with van der Waals surface area (Å²) >= 11 is 0. The Morgan fingerprint density at radius 2 is 0.718 bits per heavy atom. The molecule has 10 aromatic carbocycles. The maximum Gasteiger partial charge on any atom is 0.0726 e. The summed E-state index contributed by atoms with van der Waals surface area (Å²) < 4.78 is 0. The van der Waals surface area contributed by atoms with Gasteiger partial charge in [0.05, 0.1) is 16.5 Å². The fraction of sp³-hybridized carbons (Fsp3) is 0.143. The van der Waals surface area contributed by atoms with Crippen LogP contribution in [-0.4, -0.2) is 0 Å². The zero-order valence-electron chi connectivity index (χ0n) is 40.9. The lowest BCUT2D eigenvalue weighted by molar-refractivity contribution is 0.332. The maximum atomic E-state index is 2.61. The van der Waals surface area contributed by atoms with E-state index >= 15 is 0 Å². The molecule has 0 aromatic heterocycles. The molecule has 10 aromatic rings. The minimum absolute atomic E-state index is 0.0397. The predicted molar refractivity (Wildman–Crippen MR) is 295 cm³/mol. The fourth-order valence-electron chi connectivity index (χ4n) is 13.9.